The number of para-hydroxylation sites is 1. The first-order chi connectivity index (χ1) is 9.13. The molecule has 100 valence electrons. The second-order valence-corrected chi connectivity index (χ2v) is 5.61. The molecule has 0 aliphatic rings. The van der Waals surface area contributed by atoms with Gasteiger partial charge in [0, 0.05) is 10.2 Å². The molecule has 0 aromatic heterocycles. The maximum absolute atomic E-state index is 12.2. The molecule has 1 N–H and O–H groups in total. The van der Waals surface area contributed by atoms with Gasteiger partial charge in [-0.2, -0.15) is 0 Å². The van der Waals surface area contributed by atoms with Gasteiger partial charge in [0.05, 0.1) is 10.0 Å². The fraction of sp³-hybridized carbons (Fsp3) is 0. The first-order valence-electron chi connectivity index (χ1n) is 5.26. The van der Waals surface area contributed by atoms with Crippen molar-refractivity contribution in [3.63, 3.8) is 0 Å². The Bertz CT molecular complexity index is 614. The molecule has 3 nitrogen and oxygen atoms in total. The minimum absolute atomic E-state index is 0. The molecule has 0 spiro atoms. The van der Waals surface area contributed by atoms with Crippen molar-refractivity contribution in [3.05, 3.63) is 57.0 Å². The van der Waals surface area contributed by atoms with E-state index in [1.54, 1.807) is 12.1 Å². The molecular formula is C13H9Br3NNaO2. The Balaban J connectivity index is 0.00000200. The quantitative estimate of drug-likeness (QED) is 0.695. The Hall–Kier alpha value is 0.150. The Labute approximate surface area is 166 Å². The minimum atomic E-state index is -0.242. The first kappa shape index (κ1) is 18.2. The van der Waals surface area contributed by atoms with Crippen molar-refractivity contribution in [2.24, 2.45) is 0 Å². The van der Waals surface area contributed by atoms with Gasteiger partial charge in [-0.15, -0.1) is 0 Å². The summed E-state index contributed by atoms with van der Waals surface area (Å²) in [6.07, 6.45) is 0. The number of hydrogen-bond acceptors (Lipinski definition) is 2. The van der Waals surface area contributed by atoms with Gasteiger partial charge in [0.1, 0.15) is 0 Å². The average Bonchev–Trinajstić information content (AvgIpc) is 2.42. The summed E-state index contributed by atoms with van der Waals surface area (Å²) < 4.78 is 6.57. The van der Waals surface area contributed by atoms with Crippen LogP contribution in [0.2, 0.25) is 0 Å². The van der Waals surface area contributed by atoms with Crippen molar-refractivity contribution in [1.82, 2.24) is 0 Å². The molecule has 20 heavy (non-hydrogen) atoms. The number of carbonyl (C=O) groups excluding carboxylic acids is 1. The van der Waals surface area contributed by atoms with Crippen LogP contribution in [-0.2, 0) is 0 Å². The van der Waals surface area contributed by atoms with Crippen LogP contribution < -0.4 is 38.7 Å². The van der Waals surface area contributed by atoms with Gasteiger partial charge >= 0.3 is 29.6 Å². The third-order valence-corrected chi connectivity index (χ3v) is 4.71. The molecule has 0 aliphatic heterocycles. The molecule has 0 fully saturated rings. The van der Waals surface area contributed by atoms with Gasteiger partial charge in [-0.05, 0) is 56.1 Å². The number of nitrogens with one attached hydrogen (secondary N) is 1. The Kier molecular flexibility index (Phi) is 7.79. The summed E-state index contributed by atoms with van der Waals surface area (Å²) in [6, 6.07) is 12.7. The third-order valence-electron chi connectivity index (χ3n) is 2.40. The molecule has 2 aromatic rings. The number of carbonyl (C=O) groups is 1. The van der Waals surface area contributed by atoms with E-state index < -0.39 is 0 Å². The number of amides is 1. The topological polar surface area (TPSA) is 38.3 Å². The summed E-state index contributed by atoms with van der Waals surface area (Å²) in [7, 11) is 0. The van der Waals surface area contributed by atoms with Gasteiger partial charge in [-0.1, -0.05) is 18.2 Å². The van der Waals surface area contributed by atoms with Gasteiger partial charge < -0.3 is 10.6 Å². The smallest absolute Gasteiger partial charge is 1.00 e. The molecular weight excluding hydrogens is 465 g/mol. The van der Waals surface area contributed by atoms with E-state index in [9.17, 15) is 4.79 Å². The summed E-state index contributed by atoms with van der Waals surface area (Å²) in [5.74, 6) is 0.177. The van der Waals surface area contributed by atoms with E-state index in [2.05, 4.69) is 53.4 Å². The van der Waals surface area contributed by atoms with Gasteiger partial charge in [0.25, 0.3) is 5.91 Å². The third kappa shape index (κ3) is 4.32. The summed E-state index contributed by atoms with van der Waals surface area (Å²) >= 11 is 9.64. The fourth-order valence-electron chi connectivity index (χ4n) is 1.51. The molecule has 0 unspecified atom stereocenters. The Morgan fingerprint density at radius 2 is 1.75 bits per heavy atom. The van der Waals surface area contributed by atoms with E-state index in [4.69, 9.17) is 3.83 Å². The molecule has 7 heteroatoms. The van der Waals surface area contributed by atoms with Crippen molar-refractivity contribution >= 4 is 59.7 Å². The summed E-state index contributed by atoms with van der Waals surface area (Å²) in [5, 5.41) is 2.80. The predicted molar refractivity (Wildman–Crippen MR) is 86.9 cm³/mol. The van der Waals surface area contributed by atoms with E-state index in [0.29, 0.717) is 15.8 Å². The van der Waals surface area contributed by atoms with Crippen LogP contribution in [-0.4, -0.2) is 5.91 Å². The van der Waals surface area contributed by atoms with E-state index in [1.165, 1.54) is 0 Å². The molecule has 0 heterocycles. The number of rotatable bonds is 3. The molecule has 0 saturated heterocycles. The Morgan fingerprint density at radius 3 is 2.35 bits per heavy atom. The van der Waals surface area contributed by atoms with Crippen molar-refractivity contribution in [3.8, 4) is 5.75 Å². The zero-order valence-electron chi connectivity index (χ0n) is 11.5. The zero-order valence-corrected chi connectivity index (χ0v) is 17.2. The van der Waals surface area contributed by atoms with Crippen LogP contribution in [0.25, 0.3) is 0 Å². The monoisotopic (exact) mass is 471 g/mol. The molecule has 0 atom stereocenters. The SMILES string of the molecule is O=C(Nc1ccccc1)c1ccc(Br)c(Br)c1OBr.[H-].[Na+]. The van der Waals surface area contributed by atoms with E-state index in [0.717, 1.165) is 10.2 Å². The van der Waals surface area contributed by atoms with Gasteiger partial charge in [0.15, 0.2) is 22.0 Å². The standard InChI is InChI=1S/C13H8Br3NO2.Na.H/c14-10-7-6-9(12(19-16)11(10)15)13(18)17-8-4-2-1-3-5-8;;/h1-7H,(H,17,18);;/q;+1;-1. The van der Waals surface area contributed by atoms with Crippen molar-refractivity contribution < 1.29 is 39.6 Å². The van der Waals surface area contributed by atoms with Crippen LogP contribution in [0.1, 0.15) is 11.8 Å². The molecule has 1 amide bonds. The van der Waals surface area contributed by atoms with E-state index in [-0.39, 0.29) is 36.9 Å². The van der Waals surface area contributed by atoms with Crippen LogP contribution >= 0.6 is 48.1 Å². The van der Waals surface area contributed by atoms with Crippen LogP contribution in [0.15, 0.2) is 51.4 Å². The number of hydrogen-bond donors (Lipinski definition) is 1. The minimum Gasteiger partial charge on any atom is -1.00 e. The maximum Gasteiger partial charge on any atom is 1.00 e. The predicted octanol–water partition coefficient (Wildman–Crippen LogP) is 2.27. The van der Waals surface area contributed by atoms with Crippen molar-refractivity contribution in [1.29, 1.82) is 0 Å². The van der Waals surface area contributed by atoms with Crippen LogP contribution in [0.5, 0.6) is 5.75 Å². The number of halogens is 3. The number of benzene rings is 2. The molecule has 0 radical (unpaired) electrons. The van der Waals surface area contributed by atoms with Crippen LogP contribution in [0.3, 0.4) is 0 Å². The van der Waals surface area contributed by atoms with Crippen molar-refractivity contribution in [2.45, 2.75) is 0 Å². The number of anilines is 1. The first-order valence-corrected chi connectivity index (χ1v) is 7.50. The van der Waals surface area contributed by atoms with Gasteiger partial charge in [0.2, 0.25) is 0 Å². The zero-order chi connectivity index (χ0) is 13.8. The summed E-state index contributed by atoms with van der Waals surface area (Å²) in [6.45, 7) is 0. The molecule has 0 saturated carbocycles. The maximum atomic E-state index is 12.2. The largest absolute Gasteiger partial charge is 1.00 e. The van der Waals surface area contributed by atoms with E-state index >= 15 is 0 Å². The fourth-order valence-corrected chi connectivity index (χ4v) is 2.80. The molecule has 0 bridgehead atoms. The Morgan fingerprint density at radius 1 is 1.10 bits per heavy atom. The average molecular weight is 474 g/mol. The molecule has 2 aromatic carbocycles. The van der Waals surface area contributed by atoms with Gasteiger partial charge in [-0.3, -0.25) is 4.79 Å². The molecule has 2 rings (SSSR count). The summed E-state index contributed by atoms with van der Waals surface area (Å²) in [4.78, 5) is 12.2. The second-order valence-electron chi connectivity index (χ2n) is 3.64. The van der Waals surface area contributed by atoms with Gasteiger partial charge in [-0.25, -0.2) is 0 Å². The summed E-state index contributed by atoms with van der Waals surface area (Å²) in [5.41, 5.74) is 1.16. The normalized spacial score (nSPS) is 9.55. The van der Waals surface area contributed by atoms with E-state index in [1.807, 2.05) is 30.3 Å². The van der Waals surface area contributed by atoms with Crippen molar-refractivity contribution in [2.75, 3.05) is 5.32 Å². The van der Waals surface area contributed by atoms with Crippen LogP contribution in [0, 0.1) is 0 Å². The van der Waals surface area contributed by atoms with Crippen LogP contribution in [0.4, 0.5) is 5.69 Å². The second kappa shape index (κ2) is 8.56. The molecule has 0 aliphatic carbocycles.